The quantitative estimate of drug-likeness (QED) is 0.102. The van der Waals surface area contributed by atoms with Crippen LogP contribution in [0.5, 0.6) is 0 Å². The Morgan fingerprint density at radius 2 is 0.316 bits per heavy atom. The minimum Gasteiger partial charge on any atom is -0.261 e. The second-order valence-electron chi connectivity index (χ2n) is 26.1. The first-order valence-electron chi connectivity index (χ1n) is 38.3. The van der Waals surface area contributed by atoms with Gasteiger partial charge in [-0.1, -0.05) is 303 Å². The van der Waals surface area contributed by atoms with Crippen molar-refractivity contribution in [3.05, 3.63) is 178 Å². The van der Waals surface area contributed by atoms with Gasteiger partial charge in [0, 0.05) is 85.2 Å². The number of rotatable bonds is 14. The van der Waals surface area contributed by atoms with Crippen LogP contribution in [0.1, 0.15) is 453 Å². The van der Waals surface area contributed by atoms with Crippen molar-refractivity contribution in [3.8, 4) is 0 Å². The molecule has 12 nitrogen and oxygen atoms in total. The van der Waals surface area contributed by atoms with Crippen LogP contribution in [0.3, 0.4) is 0 Å². The zero-order valence-electron chi connectivity index (χ0n) is 71.7. The van der Waals surface area contributed by atoms with Crippen LogP contribution in [-0.2, 0) is 0 Å². The molecule has 0 radical (unpaired) electrons. The van der Waals surface area contributed by atoms with E-state index >= 15 is 0 Å². The Kier molecular flexibility index (Phi) is 70.1. The van der Waals surface area contributed by atoms with Gasteiger partial charge >= 0.3 is 0 Å². The van der Waals surface area contributed by atoms with E-state index in [-0.39, 0.29) is 0 Å². The first-order chi connectivity index (χ1) is 46.3. The highest BCUT2D eigenvalue weighted by molar-refractivity contribution is 5.20. The van der Waals surface area contributed by atoms with E-state index in [2.05, 4.69) is 290 Å². The summed E-state index contributed by atoms with van der Waals surface area (Å²) in [7, 11) is 0. The van der Waals surface area contributed by atoms with Crippen molar-refractivity contribution in [1.29, 1.82) is 0 Å². The molecule has 0 aliphatic rings. The minimum atomic E-state index is 0.422. The monoisotopic (exact) mass is 1360 g/mol. The number of nitrogens with zero attached hydrogens (tertiary/aromatic N) is 12. The molecule has 0 aliphatic heterocycles. The lowest BCUT2D eigenvalue weighted by molar-refractivity contribution is 0.733. The molecule has 0 spiro atoms. The van der Waals surface area contributed by atoms with Crippen molar-refractivity contribution in [3.63, 3.8) is 0 Å². The highest BCUT2D eigenvalue weighted by Crippen LogP contribution is 2.21. The average molecular weight is 1360 g/mol. The fourth-order valence-electron chi connectivity index (χ4n) is 6.95. The summed E-state index contributed by atoms with van der Waals surface area (Å²) in [6.07, 6.45) is 19.2. The van der Waals surface area contributed by atoms with Gasteiger partial charge in [0.1, 0.15) is 11.6 Å². The van der Waals surface area contributed by atoms with Crippen LogP contribution in [0.2, 0.25) is 0 Å². The second kappa shape index (κ2) is 65.3. The van der Waals surface area contributed by atoms with Gasteiger partial charge in [-0.15, -0.1) is 0 Å². The van der Waals surface area contributed by atoms with Gasteiger partial charge in [-0.2, -0.15) is 10.2 Å². The molecule has 12 heteroatoms. The van der Waals surface area contributed by atoms with Gasteiger partial charge in [0.15, 0.2) is 0 Å². The SMILES string of the molecule is CC.CC.CC.CC.CC.CC.CC.CC(C)c1ccc(C(C)C)nc1.CC(C)c1ccc(C(C)C)nc1.CC(C)c1ccc(C(C)C)nn1.CC(C)c1cnc(C(C)C)cn1.CC(C)c1cnc(C(C)C)cn1.CC(C)c1cnc(C(C)C)nc1.CC(C)c1cnc(C(C)C)nc1. The van der Waals surface area contributed by atoms with E-state index in [1.807, 2.05) is 159 Å². The molecule has 560 valence electrons. The molecular formula is C86H156N12. The summed E-state index contributed by atoms with van der Waals surface area (Å²) in [5.74, 6) is 8.80. The Bertz CT molecular complexity index is 2010. The van der Waals surface area contributed by atoms with Crippen LogP contribution in [0, 0.1) is 0 Å². The lowest BCUT2D eigenvalue weighted by Gasteiger charge is -2.07. The maximum Gasteiger partial charge on any atom is 0.130 e. The van der Waals surface area contributed by atoms with Crippen molar-refractivity contribution >= 4 is 0 Å². The van der Waals surface area contributed by atoms with Crippen LogP contribution in [0.4, 0.5) is 0 Å². The first kappa shape index (κ1) is 105. The molecule has 7 heterocycles. The Morgan fingerprint density at radius 1 is 0.153 bits per heavy atom. The highest BCUT2D eigenvalue weighted by Gasteiger charge is 2.09. The zero-order valence-corrected chi connectivity index (χ0v) is 71.7. The maximum atomic E-state index is 4.40. The second-order valence-corrected chi connectivity index (χ2v) is 26.1. The molecule has 0 N–H and O–H groups in total. The topological polar surface area (TPSA) is 155 Å². The fraction of sp³-hybridized carbons (Fsp3) is 0.651. The first-order valence-corrected chi connectivity index (χ1v) is 38.3. The van der Waals surface area contributed by atoms with Crippen LogP contribution < -0.4 is 0 Å². The van der Waals surface area contributed by atoms with Crippen molar-refractivity contribution in [2.45, 2.75) is 374 Å². The summed E-state index contributed by atoms with van der Waals surface area (Å²) in [5.41, 5.74) is 13.8. The Labute approximate surface area is 608 Å². The third-order valence-corrected chi connectivity index (χ3v) is 13.5. The molecule has 0 bridgehead atoms. The fourth-order valence-corrected chi connectivity index (χ4v) is 6.95. The largest absolute Gasteiger partial charge is 0.261 e. The normalized spacial score (nSPS) is 10.0. The van der Waals surface area contributed by atoms with Crippen molar-refractivity contribution < 1.29 is 0 Å². The van der Waals surface area contributed by atoms with Crippen molar-refractivity contribution in [1.82, 2.24) is 60.0 Å². The molecule has 0 fully saturated rings. The predicted molar refractivity (Wildman–Crippen MR) is 435 cm³/mol. The standard InChI is InChI=1S/2C11H17N.5C10H16N2.7C2H6/c2*1-8(2)10-5-6-11(9(3)4)12-7-10;2*1-7(2)9-5-12-10(6-11-9)8(3)4;2*1-7(2)9-5-11-10(8(3)4)12-6-9;1-7(2)9-5-6-10(8(3)4)12-11-9;7*1-2/h2*5-9H,1-4H3;5*5-8H,1-4H3;7*1-2H3. The Hall–Kier alpha value is -6.30. The third kappa shape index (κ3) is 49.3. The lowest BCUT2D eigenvalue weighted by Crippen LogP contribution is -1.99. The van der Waals surface area contributed by atoms with Gasteiger partial charge in [-0.25, -0.2) is 19.9 Å². The number of aromatic nitrogens is 12. The molecule has 0 aromatic carbocycles. The summed E-state index contributed by atoms with van der Waals surface area (Å²) >= 11 is 0. The van der Waals surface area contributed by atoms with E-state index in [1.165, 1.54) is 33.6 Å². The van der Waals surface area contributed by atoms with E-state index in [0.717, 1.165) is 45.8 Å². The number of hydrogen-bond donors (Lipinski definition) is 0. The molecule has 7 rings (SSSR count). The summed E-state index contributed by atoms with van der Waals surface area (Å²) in [6.45, 7) is 87.9. The molecule has 7 aromatic heterocycles. The summed E-state index contributed by atoms with van der Waals surface area (Å²) in [6, 6.07) is 12.7. The number of hydrogen-bond acceptors (Lipinski definition) is 12. The van der Waals surface area contributed by atoms with Crippen molar-refractivity contribution in [2.75, 3.05) is 0 Å². The predicted octanol–water partition coefficient (Wildman–Crippen LogP) is 27.5. The lowest BCUT2D eigenvalue weighted by atomic mass is 10.0. The van der Waals surface area contributed by atoms with E-state index in [1.54, 1.807) is 0 Å². The smallest absolute Gasteiger partial charge is 0.130 e. The average Bonchev–Trinajstić information content (AvgIpc) is 1.20. The minimum absolute atomic E-state index is 0.422. The van der Waals surface area contributed by atoms with Crippen LogP contribution in [0.25, 0.3) is 0 Å². The Morgan fingerprint density at radius 3 is 0.439 bits per heavy atom. The molecule has 0 aliphatic carbocycles. The summed E-state index contributed by atoms with van der Waals surface area (Å²) in [5, 5.41) is 8.30. The zero-order chi connectivity index (χ0) is 78.0. The van der Waals surface area contributed by atoms with Gasteiger partial charge in [-0.05, 0) is 118 Å². The van der Waals surface area contributed by atoms with E-state index in [9.17, 15) is 0 Å². The molecule has 0 amide bonds. The van der Waals surface area contributed by atoms with Gasteiger partial charge in [0.25, 0.3) is 0 Å². The van der Waals surface area contributed by atoms with E-state index in [0.29, 0.717) is 82.9 Å². The summed E-state index contributed by atoms with van der Waals surface area (Å²) < 4.78 is 0. The summed E-state index contributed by atoms with van der Waals surface area (Å²) in [4.78, 5) is 43.3. The molecule has 98 heavy (non-hydrogen) atoms. The molecular weight excluding hydrogens is 1200 g/mol. The van der Waals surface area contributed by atoms with Crippen LogP contribution in [-0.4, -0.2) is 60.0 Å². The van der Waals surface area contributed by atoms with Crippen LogP contribution in [0.15, 0.2) is 98.4 Å². The maximum absolute atomic E-state index is 4.40. The third-order valence-electron chi connectivity index (χ3n) is 13.5. The molecule has 0 saturated heterocycles. The van der Waals surface area contributed by atoms with E-state index < -0.39 is 0 Å². The van der Waals surface area contributed by atoms with Gasteiger partial charge in [0.2, 0.25) is 0 Å². The molecule has 0 saturated carbocycles. The Balaban J connectivity index is -0.000000191. The molecule has 0 unspecified atom stereocenters. The van der Waals surface area contributed by atoms with Crippen LogP contribution >= 0.6 is 0 Å². The van der Waals surface area contributed by atoms with Gasteiger partial charge in [0.05, 0.1) is 34.2 Å². The van der Waals surface area contributed by atoms with Crippen molar-refractivity contribution in [2.24, 2.45) is 0 Å². The molecule has 0 atom stereocenters. The van der Waals surface area contributed by atoms with E-state index in [4.69, 9.17) is 0 Å². The van der Waals surface area contributed by atoms with Gasteiger partial charge in [-0.3, -0.25) is 29.9 Å². The van der Waals surface area contributed by atoms with Gasteiger partial charge < -0.3 is 0 Å². The number of pyridine rings is 2. The molecule has 7 aromatic rings. The highest BCUT2D eigenvalue weighted by atomic mass is 15.1.